The molecule has 1 aliphatic heterocycles. The third-order valence-corrected chi connectivity index (χ3v) is 4.38. The Labute approximate surface area is 122 Å². The molecule has 0 aromatic heterocycles. The van der Waals surface area contributed by atoms with Gasteiger partial charge in [-0.3, -0.25) is 4.79 Å². The summed E-state index contributed by atoms with van der Waals surface area (Å²) in [6, 6.07) is 0. The second-order valence-electron chi connectivity index (χ2n) is 6.83. The van der Waals surface area contributed by atoms with Crippen molar-refractivity contribution in [1.82, 2.24) is 4.90 Å². The van der Waals surface area contributed by atoms with Gasteiger partial charge in [-0.25, -0.2) is 0 Å². The summed E-state index contributed by atoms with van der Waals surface area (Å²) in [6.45, 7) is 10.3. The molecule has 0 bridgehead atoms. The molecule has 0 saturated carbocycles. The maximum atomic E-state index is 12.5. The summed E-state index contributed by atoms with van der Waals surface area (Å²) in [7, 11) is 0. The number of piperidine rings is 1. The van der Waals surface area contributed by atoms with Crippen molar-refractivity contribution in [3.05, 3.63) is 0 Å². The lowest BCUT2D eigenvalue weighted by Gasteiger charge is -2.39. The Morgan fingerprint density at radius 2 is 1.95 bits per heavy atom. The van der Waals surface area contributed by atoms with Crippen LogP contribution in [-0.2, 0) is 4.79 Å². The van der Waals surface area contributed by atoms with E-state index in [9.17, 15) is 4.79 Å². The van der Waals surface area contributed by atoms with E-state index in [0.717, 1.165) is 32.4 Å². The number of hydrogen-bond acceptors (Lipinski definition) is 3. The maximum Gasteiger partial charge on any atom is 0.233 e. The molecule has 1 saturated heterocycles. The Morgan fingerprint density at radius 3 is 2.35 bits per heavy atom. The molecule has 5 heteroatoms. The fourth-order valence-corrected chi connectivity index (χ4v) is 2.94. The molecular weight excluding hydrogens is 254 g/mol. The van der Waals surface area contributed by atoms with Crippen molar-refractivity contribution < 1.29 is 10.0 Å². The number of nitrogens with zero attached hydrogens (tertiary/aromatic N) is 2. The van der Waals surface area contributed by atoms with Crippen LogP contribution in [0.2, 0.25) is 0 Å². The summed E-state index contributed by atoms with van der Waals surface area (Å²) in [5, 5.41) is 11.8. The third kappa shape index (κ3) is 4.12. The first kappa shape index (κ1) is 16.8. The van der Waals surface area contributed by atoms with E-state index in [0.29, 0.717) is 17.8 Å². The lowest BCUT2D eigenvalue weighted by molar-refractivity contribution is -0.135. The molecule has 5 nitrogen and oxygen atoms in total. The Kier molecular flexibility index (Phi) is 5.84. The van der Waals surface area contributed by atoms with Crippen LogP contribution in [0.3, 0.4) is 0 Å². The Hall–Kier alpha value is -1.26. The number of hydrogen-bond donors (Lipinski definition) is 2. The molecule has 0 spiro atoms. The molecule has 1 amide bonds. The fourth-order valence-electron chi connectivity index (χ4n) is 2.94. The molecule has 0 aromatic carbocycles. The van der Waals surface area contributed by atoms with E-state index < -0.39 is 5.92 Å². The minimum absolute atomic E-state index is 0.00880. The lowest BCUT2D eigenvalue weighted by atomic mass is 9.75. The zero-order chi connectivity index (χ0) is 15.3. The third-order valence-electron chi connectivity index (χ3n) is 4.38. The molecule has 1 atom stereocenters. The number of carbonyl (C=O) groups is 1. The van der Waals surface area contributed by atoms with Gasteiger partial charge in [0.15, 0.2) is 5.84 Å². The number of amidine groups is 1. The van der Waals surface area contributed by atoms with Crippen molar-refractivity contribution in [2.24, 2.45) is 28.1 Å². The smallest absolute Gasteiger partial charge is 0.233 e. The van der Waals surface area contributed by atoms with Crippen LogP contribution in [0.4, 0.5) is 0 Å². The van der Waals surface area contributed by atoms with Gasteiger partial charge in [0.2, 0.25) is 5.91 Å². The van der Waals surface area contributed by atoms with E-state index in [1.165, 1.54) is 0 Å². The van der Waals surface area contributed by atoms with Gasteiger partial charge in [0.25, 0.3) is 0 Å². The van der Waals surface area contributed by atoms with Gasteiger partial charge in [-0.15, -0.1) is 0 Å². The van der Waals surface area contributed by atoms with Gasteiger partial charge in [0.1, 0.15) is 0 Å². The molecular formula is C15H29N3O2. The number of carbonyl (C=O) groups excluding carboxylic acids is 1. The van der Waals surface area contributed by atoms with Crippen LogP contribution in [0.15, 0.2) is 5.16 Å². The molecule has 3 N–H and O–H groups in total. The number of nitrogens with two attached hydrogens (primary N) is 1. The monoisotopic (exact) mass is 283 g/mol. The summed E-state index contributed by atoms with van der Waals surface area (Å²) in [6.07, 6.45) is 3.54. The van der Waals surface area contributed by atoms with Gasteiger partial charge in [-0.05, 0) is 30.6 Å². The van der Waals surface area contributed by atoms with Crippen LogP contribution >= 0.6 is 0 Å². The summed E-state index contributed by atoms with van der Waals surface area (Å²) < 4.78 is 0. The standard InChI is InChI=1S/C15H29N3O2/c1-5-6-12(13(16)17-20)14(19)18-9-7-11(8-10-18)15(2,3)4/h11-12,20H,5-10H2,1-4H3,(H2,16,17). The van der Waals surface area contributed by atoms with Crippen LogP contribution in [0.25, 0.3) is 0 Å². The predicted molar refractivity (Wildman–Crippen MR) is 80.6 cm³/mol. The second-order valence-corrected chi connectivity index (χ2v) is 6.83. The quantitative estimate of drug-likeness (QED) is 0.360. The van der Waals surface area contributed by atoms with E-state index >= 15 is 0 Å². The topological polar surface area (TPSA) is 78.9 Å². The summed E-state index contributed by atoms with van der Waals surface area (Å²) in [5.74, 6) is 0.223. The van der Waals surface area contributed by atoms with Gasteiger partial charge in [0, 0.05) is 13.1 Å². The highest BCUT2D eigenvalue weighted by Gasteiger charge is 2.33. The van der Waals surface area contributed by atoms with E-state index in [2.05, 4.69) is 25.9 Å². The van der Waals surface area contributed by atoms with Crippen LogP contribution in [0, 0.1) is 17.3 Å². The predicted octanol–water partition coefficient (Wildman–Crippen LogP) is 2.43. The number of amides is 1. The van der Waals surface area contributed by atoms with E-state index in [1.54, 1.807) is 0 Å². The lowest BCUT2D eigenvalue weighted by Crippen LogP contribution is -2.46. The Balaban J connectivity index is 2.65. The van der Waals surface area contributed by atoms with E-state index in [1.807, 2.05) is 11.8 Å². The second kappa shape index (κ2) is 6.95. The van der Waals surface area contributed by atoms with Crippen LogP contribution in [0.5, 0.6) is 0 Å². The first-order chi connectivity index (χ1) is 9.31. The molecule has 20 heavy (non-hydrogen) atoms. The molecule has 1 fully saturated rings. The molecule has 0 aliphatic carbocycles. The average molecular weight is 283 g/mol. The summed E-state index contributed by atoms with van der Waals surface area (Å²) in [4.78, 5) is 14.4. The average Bonchev–Trinajstić information content (AvgIpc) is 2.42. The molecule has 1 aliphatic rings. The highest BCUT2D eigenvalue weighted by Crippen LogP contribution is 2.34. The van der Waals surface area contributed by atoms with Crippen molar-refractivity contribution in [2.45, 2.75) is 53.4 Å². The SMILES string of the molecule is CCCC(C(=O)N1CCC(C(C)(C)C)CC1)C(N)=NO. The fraction of sp³-hybridized carbons (Fsp3) is 0.867. The van der Waals surface area contributed by atoms with Crippen molar-refractivity contribution in [1.29, 1.82) is 0 Å². The van der Waals surface area contributed by atoms with Crippen LogP contribution < -0.4 is 5.73 Å². The minimum atomic E-state index is -0.476. The zero-order valence-electron chi connectivity index (χ0n) is 13.2. The van der Waals surface area contributed by atoms with Crippen molar-refractivity contribution >= 4 is 11.7 Å². The van der Waals surface area contributed by atoms with Gasteiger partial charge >= 0.3 is 0 Å². The minimum Gasteiger partial charge on any atom is -0.409 e. The zero-order valence-corrected chi connectivity index (χ0v) is 13.2. The van der Waals surface area contributed by atoms with Gasteiger partial charge in [-0.1, -0.05) is 39.3 Å². The largest absolute Gasteiger partial charge is 0.409 e. The van der Waals surface area contributed by atoms with Crippen LogP contribution in [-0.4, -0.2) is 34.9 Å². The Morgan fingerprint density at radius 1 is 1.40 bits per heavy atom. The normalized spacial score (nSPS) is 20.0. The van der Waals surface area contributed by atoms with Gasteiger partial charge in [-0.2, -0.15) is 0 Å². The first-order valence-corrected chi connectivity index (χ1v) is 7.57. The molecule has 1 rings (SSSR count). The van der Waals surface area contributed by atoms with E-state index in [-0.39, 0.29) is 11.7 Å². The molecule has 1 unspecified atom stereocenters. The first-order valence-electron chi connectivity index (χ1n) is 7.57. The van der Waals surface area contributed by atoms with Gasteiger partial charge in [0.05, 0.1) is 5.92 Å². The number of oxime groups is 1. The highest BCUT2D eigenvalue weighted by atomic mass is 16.4. The molecule has 0 radical (unpaired) electrons. The summed E-state index contributed by atoms with van der Waals surface area (Å²) in [5.41, 5.74) is 5.96. The number of likely N-dealkylation sites (tertiary alicyclic amines) is 1. The maximum absolute atomic E-state index is 12.5. The van der Waals surface area contributed by atoms with Crippen molar-refractivity contribution in [3.8, 4) is 0 Å². The molecule has 0 aromatic rings. The van der Waals surface area contributed by atoms with Crippen LogP contribution in [0.1, 0.15) is 53.4 Å². The van der Waals surface area contributed by atoms with Gasteiger partial charge < -0.3 is 15.8 Å². The van der Waals surface area contributed by atoms with Crippen molar-refractivity contribution in [3.63, 3.8) is 0 Å². The Bertz CT molecular complexity index is 353. The van der Waals surface area contributed by atoms with E-state index in [4.69, 9.17) is 10.9 Å². The number of rotatable bonds is 4. The molecule has 1 heterocycles. The highest BCUT2D eigenvalue weighted by molar-refractivity contribution is 6.02. The molecule has 116 valence electrons. The summed E-state index contributed by atoms with van der Waals surface area (Å²) >= 11 is 0. The van der Waals surface area contributed by atoms with Crippen molar-refractivity contribution in [2.75, 3.05) is 13.1 Å².